The Labute approximate surface area is 219 Å². The molecule has 2 aromatic rings. The first-order chi connectivity index (χ1) is 17.9. The monoisotopic (exact) mass is 502 g/mol. The van der Waals surface area contributed by atoms with E-state index < -0.39 is 0 Å². The van der Waals surface area contributed by atoms with E-state index in [2.05, 4.69) is 29.1 Å². The fourth-order valence-corrected chi connectivity index (χ4v) is 4.84. The number of anilines is 2. The van der Waals surface area contributed by atoms with E-state index in [0.29, 0.717) is 35.7 Å². The number of nitrogens with zero attached hydrogens (tertiary/aromatic N) is 3. The lowest BCUT2D eigenvalue weighted by atomic mass is 10.0. The van der Waals surface area contributed by atoms with Gasteiger partial charge < -0.3 is 26.6 Å². The number of aliphatic imine (C=N–C) groups is 1. The Hall–Kier alpha value is -3.65. The van der Waals surface area contributed by atoms with Gasteiger partial charge in [-0.15, -0.1) is 0 Å². The topological polar surface area (TPSA) is 117 Å². The number of hydrogen-bond donors (Lipinski definition) is 3. The first-order valence-corrected chi connectivity index (χ1v) is 13.3. The van der Waals surface area contributed by atoms with Gasteiger partial charge in [-0.05, 0) is 68.2 Å². The highest BCUT2D eigenvalue weighted by atomic mass is 16.2. The van der Waals surface area contributed by atoms with Gasteiger partial charge in [0.1, 0.15) is 5.84 Å². The minimum atomic E-state index is -0.227. The van der Waals surface area contributed by atoms with E-state index in [1.54, 1.807) is 12.1 Å². The van der Waals surface area contributed by atoms with E-state index in [-0.39, 0.29) is 24.3 Å². The van der Waals surface area contributed by atoms with Crippen LogP contribution in [0, 0.1) is 0 Å². The van der Waals surface area contributed by atoms with Gasteiger partial charge in [0.2, 0.25) is 5.91 Å². The van der Waals surface area contributed by atoms with Gasteiger partial charge in [-0.3, -0.25) is 9.59 Å². The smallest absolute Gasteiger partial charge is 0.255 e. The summed E-state index contributed by atoms with van der Waals surface area (Å²) >= 11 is 0. The van der Waals surface area contributed by atoms with E-state index in [9.17, 15) is 9.59 Å². The molecule has 8 nitrogen and oxygen atoms in total. The molecule has 196 valence electrons. The molecule has 2 aliphatic heterocycles. The average Bonchev–Trinajstić information content (AvgIpc) is 3.06. The molecule has 5 N–H and O–H groups in total. The second-order valence-electron chi connectivity index (χ2n) is 9.84. The summed E-state index contributed by atoms with van der Waals surface area (Å²) in [6.07, 6.45) is 5.91. The Morgan fingerprint density at radius 2 is 1.73 bits per heavy atom. The fourth-order valence-electron chi connectivity index (χ4n) is 4.84. The Morgan fingerprint density at radius 3 is 2.38 bits per heavy atom. The molecule has 1 saturated heterocycles. The summed E-state index contributed by atoms with van der Waals surface area (Å²) in [5.41, 5.74) is 16.5. The largest absolute Gasteiger partial charge is 0.387 e. The van der Waals surface area contributed by atoms with E-state index >= 15 is 0 Å². The molecule has 0 bridgehead atoms. The maximum Gasteiger partial charge on any atom is 0.255 e. The molecule has 0 spiro atoms. The van der Waals surface area contributed by atoms with Crippen LogP contribution in [0.2, 0.25) is 0 Å². The van der Waals surface area contributed by atoms with Gasteiger partial charge in [-0.2, -0.15) is 0 Å². The fraction of sp³-hybridized carbons (Fsp3) is 0.414. The molecular weight excluding hydrogens is 464 g/mol. The molecule has 0 atom stereocenters. The molecule has 0 aromatic heterocycles. The van der Waals surface area contributed by atoms with Crippen LogP contribution in [0.4, 0.5) is 17.1 Å². The molecule has 0 aliphatic carbocycles. The number of amides is 2. The zero-order valence-electron chi connectivity index (χ0n) is 21.9. The Morgan fingerprint density at radius 1 is 1.05 bits per heavy atom. The third-order valence-corrected chi connectivity index (χ3v) is 6.84. The van der Waals surface area contributed by atoms with Crippen LogP contribution in [0.5, 0.6) is 0 Å². The molecule has 2 aliphatic rings. The predicted octanol–water partition coefficient (Wildman–Crippen LogP) is 4.29. The third kappa shape index (κ3) is 6.57. The third-order valence-electron chi connectivity index (χ3n) is 6.84. The van der Waals surface area contributed by atoms with Gasteiger partial charge in [-0.25, -0.2) is 4.99 Å². The van der Waals surface area contributed by atoms with Gasteiger partial charge in [0.05, 0.1) is 5.69 Å². The van der Waals surface area contributed by atoms with Crippen LogP contribution >= 0.6 is 0 Å². The van der Waals surface area contributed by atoms with Crippen molar-refractivity contribution < 1.29 is 9.59 Å². The summed E-state index contributed by atoms with van der Waals surface area (Å²) in [6.45, 7) is 7.44. The average molecular weight is 503 g/mol. The van der Waals surface area contributed by atoms with Crippen molar-refractivity contribution in [1.29, 1.82) is 0 Å². The quantitative estimate of drug-likeness (QED) is 0.498. The van der Waals surface area contributed by atoms with Crippen molar-refractivity contribution in [2.45, 2.75) is 52.0 Å². The minimum absolute atomic E-state index is 0.00707. The standard InChI is InChI=1S/C29H38N6O2/c1-3-13-35(14-4-2)29(37)22-17-20-5-6-21(18-26(20)33-27(31)19-22)28(36)32-24-7-9-25(10-8-24)34-15-11-23(30)12-16-34/h5-10,17-18,23H,3-4,11-16,19,30H2,1-2H3,(H2,31,33)(H,32,36). The minimum Gasteiger partial charge on any atom is -0.387 e. The number of carbonyl (C=O) groups excluding carboxylic acids is 2. The molecule has 0 unspecified atom stereocenters. The molecule has 2 heterocycles. The number of hydrogen-bond acceptors (Lipinski definition) is 6. The zero-order chi connectivity index (χ0) is 26.4. The van der Waals surface area contributed by atoms with Gasteiger partial charge in [0, 0.05) is 66.7 Å². The number of benzene rings is 2. The predicted molar refractivity (Wildman–Crippen MR) is 151 cm³/mol. The summed E-state index contributed by atoms with van der Waals surface area (Å²) in [5, 5.41) is 2.97. The van der Waals surface area contributed by atoms with Crippen molar-refractivity contribution in [3.05, 3.63) is 59.2 Å². The maximum absolute atomic E-state index is 13.2. The number of nitrogens with two attached hydrogens (primary N) is 2. The molecule has 37 heavy (non-hydrogen) atoms. The second kappa shape index (κ2) is 12.1. The Balaban J connectivity index is 1.48. The van der Waals surface area contributed by atoms with Crippen molar-refractivity contribution in [3.8, 4) is 0 Å². The zero-order valence-corrected chi connectivity index (χ0v) is 21.9. The molecule has 0 saturated carbocycles. The lowest BCUT2D eigenvalue weighted by Crippen LogP contribution is -2.39. The summed E-state index contributed by atoms with van der Waals surface area (Å²) < 4.78 is 0. The van der Waals surface area contributed by atoms with Gasteiger partial charge in [0.25, 0.3) is 5.91 Å². The summed E-state index contributed by atoms with van der Waals surface area (Å²) in [7, 11) is 0. The first kappa shape index (κ1) is 26.4. The van der Waals surface area contributed by atoms with Crippen LogP contribution < -0.4 is 21.7 Å². The number of carbonyl (C=O) groups is 2. The number of nitrogens with one attached hydrogen (secondary N) is 1. The molecular formula is C29H38N6O2. The summed E-state index contributed by atoms with van der Waals surface area (Å²) in [6, 6.07) is 13.5. The second-order valence-corrected chi connectivity index (χ2v) is 9.84. The highest BCUT2D eigenvalue weighted by Gasteiger charge is 2.21. The van der Waals surface area contributed by atoms with Crippen LogP contribution in [0.25, 0.3) is 6.08 Å². The molecule has 8 heteroatoms. The van der Waals surface area contributed by atoms with Crippen molar-refractivity contribution in [2.75, 3.05) is 36.4 Å². The van der Waals surface area contributed by atoms with Crippen LogP contribution in [-0.2, 0) is 4.79 Å². The normalized spacial score (nSPS) is 15.8. The molecule has 4 rings (SSSR count). The van der Waals surface area contributed by atoms with Crippen molar-refractivity contribution in [1.82, 2.24) is 4.90 Å². The van der Waals surface area contributed by atoms with Crippen LogP contribution in [0.1, 0.15) is 61.9 Å². The number of rotatable bonds is 8. The Kier molecular flexibility index (Phi) is 8.61. The highest BCUT2D eigenvalue weighted by Crippen LogP contribution is 2.29. The maximum atomic E-state index is 13.2. The number of amidine groups is 1. The number of fused-ring (bicyclic) bond motifs is 1. The van der Waals surface area contributed by atoms with Crippen LogP contribution in [0.3, 0.4) is 0 Å². The lowest BCUT2D eigenvalue weighted by Gasteiger charge is -2.32. The number of piperidine rings is 1. The summed E-state index contributed by atoms with van der Waals surface area (Å²) in [5.74, 6) is 0.125. The van der Waals surface area contributed by atoms with Gasteiger partial charge in [0.15, 0.2) is 0 Å². The van der Waals surface area contributed by atoms with Crippen LogP contribution in [0.15, 0.2) is 53.0 Å². The molecule has 2 aromatic carbocycles. The van der Waals surface area contributed by atoms with E-state index in [0.717, 1.165) is 55.7 Å². The first-order valence-electron chi connectivity index (χ1n) is 13.3. The summed E-state index contributed by atoms with van der Waals surface area (Å²) in [4.78, 5) is 34.9. The molecule has 1 fully saturated rings. The lowest BCUT2D eigenvalue weighted by molar-refractivity contribution is -0.127. The Bertz CT molecular complexity index is 1170. The van der Waals surface area contributed by atoms with E-state index in [4.69, 9.17) is 11.5 Å². The van der Waals surface area contributed by atoms with Crippen molar-refractivity contribution >= 4 is 40.8 Å². The van der Waals surface area contributed by atoms with Gasteiger partial charge in [-0.1, -0.05) is 19.9 Å². The highest BCUT2D eigenvalue weighted by molar-refractivity contribution is 6.08. The SMILES string of the molecule is CCCN(CCC)C(=O)C1=Cc2ccc(C(=O)Nc3ccc(N4CCC(N)CC4)cc3)cc2N=C(N)C1. The van der Waals surface area contributed by atoms with Crippen LogP contribution in [-0.4, -0.2) is 54.8 Å². The van der Waals surface area contributed by atoms with E-state index in [1.807, 2.05) is 41.3 Å². The van der Waals surface area contributed by atoms with Crippen molar-refractivity contribution in [3.63, 3.8) is 0 Å². The van der Waals surface area contributed by atoms with E-state index in [1.165, 1.54) is 0 Å². The molecule has 2 amide bonds. The van der Waals surface area contributed by atoms with Gasteiger partial charge >= 0.3 is 0 Å². The molecule has 0 radical (unpaired) electrons. The van der Waals surface area contributed by atoms with Crippen molar-refractivity contribution in [2.24, 2.45) is 16.5 Å².